The fourth-order valence-electron chi connectivity index (χ4n) is 5.54. The molecule has 2 aliphatic rings. The number of halogens is 2. The Labute approximate surface area is 255 Å². The largest absolute Gasteiger partial charge is 0.494 e. The smallest absolute Gasteiger partial charge is 0.219 e. The standard InChI is InChI=1S/C31H40BrFN4O5/c1-8-41-25-16-21-17-37(30(34-32)26(21)27(33)29(25)42-9-2)18-24(39)20-14-22(31(4,5)6)28(40-7)23(15-20)36-12-10-35(11-13-36)19(3)38/h14-16H,8-13,17-18H2,1-7H3. The van der Waals surface area contributed by atoms with Crippen molar-refractivity contribution in [3.05, 3.63) is 46.3 Å². The van der Waals surface area contributed by atoms with E-state index in [-0.39, 0.29) is 42.6 Å². The predicted molar refractivity (Wildman–Crippen MR) is 165 cm³/mol. The van der Waals surface area contributed by atoms with E-state index in [9.17, 15) is 9.59 Å². The van der Waals surface area contributed by atoms with Crippen LogP contribution >= 0.6 is 16.1 Å². The molecule has 0 saturated carbocycles. The Kier molecular flexibility index (Phi) is 9.70. The van der Waals surface area contributed by atoms with Crippen LogP contribution in [0.2, 0.25) is 0 Å². The number of amides is 1. The normalized spacial score (nSPS) is 16.1. The zero-order chi connectivity index (χ0) is 30.8. The number of rotatable bonds is 9. The van der Waals surface area contributed by atoms with E-state index in [1.165, 1.54) is 0 Å². The number of methoxy groups -OCH3 is 1. The van der Waals surface area contributed by atoms with E-state index in [0.29, 0.717) is 61.1 Å². The van der Waals surface area contributed by atoms with Crippen LogP contribution in [-0.4, -0.2) is 80.4 Å². The summed E-state index contributed by atoms with van der Waals surface area (Å²) < 4.78 is 37.1. The van der Waals surface area contributed by atoms with Gasteiger partial charge < -0.3 is 28.9 Å². The van der Waals surface area contributed by atoms with E-state index in [4.69, 9.17) is 14.2 Å². The first-order valence-corrected chi connectivity index (χ1v) is 15.0. The summed E-state index contributed by atoms with van der Waals surface area (Å²) in [6.45, 7) is 14.8. The number of anilines is 1. The molecule has 2 aromatic rings. The molecule has 0 aromatic heterocycles. The first kappa shape index (κ1) is 31.6. The Balaban J connectivity index is 1.69. The molecular weight excluding hydrogens is 607 g/mol. The number of nitrogens with zero attached hydrogens (tertiary/aromatic N) is 4. The van der Waals surface area contributed by atoms with E-state index < -0.39 is 5.82 Å². The third-order valence-electron chi connectivity index (χ3n) is 7.63. The van der Waals surface area contributed by atoms with Crippen LogP contribution in [0, 0.1) is 5.82 Å². The van der Waals surface area contributed by atoms with Crippen molar-refractivity contribution in [2.75, 3.05) is 57.9 Å². The van der Waals surface area contributed by atoms with Crippen LogP contribution in [0.25, 0.3) is 0 Å². The van der Waals surface area contributed by atoms with Crippen LogP contribution in [-0.2, 0) is 16.8 Å². The number of carbonyl (C=O) groups is 2. The van der Waals surface area contributed by atoms with Crippen molar-refractivity contribution in [2.24, 2.45) is 4.02 Å². The molecule has 0 spiro atoms. The number of hydrogen-bond acceptors (Lipinski definition) is 7. The van der Waals surface area contributed by atoms with Gasteiger partial charge in [-0.2, -0.15) is 4.02 Å². The summed E-state index contributed by atoms with van der Waals surface area (Å²) in [6, 6.07) is 5.53. The molecular formula is C31H40BrFN4O5. The number of hydrogen-bond donors (Lipinski definition) is 0. The average Bonchev–Trinajstić information content (AvgIpc) is 3.30. The molecule has 1 fully saturated rings. The monoisotopic (exact) mass is 646 g/mol. The Morgan fingerprint density at radius 2 is 1.69 bits per heavy atom. The fourth-order valence-corrected chi connectivity index (χ4v) is 5.94. The molecule has 9 nitrogen and oxygen atoms in total. The second-order valence-electron chi connectivity index (χ2n) is 11.4. The topological polar surface area (TPSA) is 83.9 Å². The number of benzene rings is 2. The van der Waals surface area contributed by atoms with Crippen molar-refractivity contribution in [1.82, 2.24) is 9.80 Å². The molecule has 0 N–H and O–H groups in total. The Morgan fingerprint density at radius 1 is 1.02 bits per heavy atom. The SMILES string of the molecule is CCOc1cc2c(c(F)c1OCC)C(=NBr)N(CC(=O)c1cc(N3CCN(C(C)=O)CC3)c(OC)c(C(C)(C)C)c1)C2. The molecule has 42 heavy (non-hydrogen) atoms. The molecule has 0 bridgehead atoms. The molecule has 228 valence electrons. The summed E-state index contributed by atoms with van der Waals surface area (Å²) >= 11 is 3.16. The molecule has 1 saturated heterocycles. The third-order valence-corrected chi connectivity index (χ3v) is 7.96. The van der Waals surface area contributed by atoms with Crippen molar-refractivity contribution in [1.29, 1.82) is 0 Å². The summed E-state index contributed by atoms with van der Waals surface area (Å²) in [5, 5.41) is 0. The van der Waals surface area contributed by atoms with Crippen LogP contribution in [0.1, 0.15) is 68.6 Å². The molecule has 11 heteroatoms. The summed E-state index contributed by atoms with van der Waals surface area (Å²) in [6.07, 6.45) is 0. The molecule has 0 radical (unpaired) electrons. The van der Waals surface area contributed by atoms with E-state index >= 15 is 4.39 Å². The van der Waals surface area contributed by atoms with Crippen LogP contribution in [0.3, 0.4) is 0 Å². The van der Waals surface area contributed by atoms with E-state index in [0.717, 1.165) is 17.0 Å². The molecule has 2 heterocycles. The third kappa shape index (κ3) is 6.21. The number of ether oxygens (including phenoxy) is 3. The molecule has 1 amide bonds. The minimum absolute atomic E-state index is 0.0139. The average molecular weight is 648 g/mol. The lowest BCUT2D eigenvalue weighted by Gasteiger charge is -2.37. The van der Waals surface area contributed by atoms with Gasteiger partial charge in [-0.1, -0.05) is 20.8 Å². The minimum Gasteiger partial charge on any atom is -0.494 e. The molecule has 2 aliphatic heterocycles. The maximum Gasteiger partial charge on any atom is 0.219 e. The second-order valence-corrected chi connectivity index (χ2v) is 11.8. The van der Waals surface area contributed by atoms with Crippen molar-refractivity contribution < 1.29 is 28.2 Å². The van der Waals surface area contributed by atoms with Crippen LogP contribution in [0.5, 0.6) is 17.2 Å². The second kappa shape index (κ2) is 12.9. The molecule has 2 aromatic carbocycles. The highest BCUT2D eigenvalue weighted by atomic mass is 79.9. The van der Waals surface area contributed by atoms with Gasteiger partial charge in [0.15, 0.2) is 23.1 Å². The van der Waals surface area contributed by atoms with Gasteiger partial charge in [-0.3, -0.25) is 9.59 Å². The maximum atomic E-state index is 15.8. The van der Waals surface area contributed by atoms with E-state index in [1.54, 1.807) is 31.9 Å². The predicted octanol–water partition coefficient (Wildman–Crippen LogP) is 5.35. The van der Waals surface area contributed by atoms with Gasteiger partial charge in [0, 0.05) is 50.8 Å². The van der Waals surface area contributed by atoms with Gasteiger partial charge in [0.1, 0.15) is 11.6 Å². The number of piperazine rings is 1. The van der Waals surface area contributed by atoms with Crippen molar-refractivity contribution in [3.8, 4) is 17.2 Å². The maximum absolute atomic E-state index is 15.8. The van der Waals surface area contributed by atoms with Gasteiger partial charge in [-0.05, 0) is 43.0 Å². The van der Waals surface area contributed by atoms with Gasteiger partial charge in [0.2, 0.25) is 5.91 Å². The first-order chi connectivity index (χ1) is 19.9. The van der Waals surface area contributed by atoms with Crippen LogP contribution in [0.4, 0.5) is 10.1 Å². The van der Waals surface area contributed by atoms with Crippen LogP contribution < -0.4 is 19.1 Å². The Hall–Kier alpha value is -3.34. The van der Waals surface area contributed by atoms with Crippen molar-refractivity contribution in [2.45, 2.75) is 53.5 Å². The van der Waals surface area contributed by atoms with Gasteiger partial charge in [-0.15, -0.1) is 0 Å². The lowest BCUT2D eigenvalue weighted by Crippen LogP contribution is -2.48. The number of Topliss-reactive ketones (excluding diaryl/α,β-unsaturated/α-hetero) is 1. The quantitative estimate of drug-likeness (QED) is 0.340. The van der Waals surface area contributed by atoms with Crippen molar-refractivity contribution in [3.63, 3.8) is 0 Å². The highest BCUT2D eigenvalue weighted by molar-refractivity contribution is 9.08. The van der Waals surface area contributed by atoms with E-state index in [1.807, 2.05) is 24.0 Å². The summed E-state index contributed by atoms with van der Waals surface area (Å²) in [4.78, 5) is 31.6. The Bertz CT molecular complexity index is 1380. The number of amidine groups is 1. The van der Waals surface area contributed by atoms with E-state index in [2.05, 4.69) is 45.8 Å². The van der Waals surface area contributed by atoms with Gasteiger partial charge in [-0.25, -0.2) is 4.39 Å². The van der Waals surface area contributed by atoms with Crippen molar-refractivity contribution >= 4 is 39.4 Å². The first-order valence-electron chi connectivity index (χ1n) is 14.3. The van der Waals surface area contributed by atoms with Gasteiger partial charge in [0.05, 0.1) is 54.3 Å². The number of fused-ring (bicyclic) bond motifs is 1. The molecule has 4 rings (SSSR count). The summed E-state index contributed by atoms with van der Waals surface area (Å²) in [5.74, 6) is 0.776. The highest BCUT2D eigenvalue weighted by Crippen LogP contribution is 2.42. The van der Waals surface area contributed by atoms with Gasteiger partial charge >= 0.3 is 0 Å². The lowest BCUT2D eigenvalue weighted by atomic mass is 9.84. The minimum atomic E-state index is -0.558. The zero-order valence-electron chi connectivity index (χ0n) is 25.5. The lowest BCUT2D eigenvalue weighted by molar-refractivity contribution is -0.129. The van der Waals surface area contributed by atoms with Crippen LogP contribution in [0.15, 0.2) is 22.2 Å². The molecule has 0 aliphatic carbocycles. The number of ketones is 1. The molecule has 0 unspecified atom stereocenters. The number of carbonyl (C=O) groups excluding carboxylic acids is 2. The van der Waals surface area contributed by atoms with Gasteiger partial charge in [0.25, 0.3) is 0 Å². The molecule has 0 atom stereocenters. The zero-order valence-corrected chi connectivity index (χ0v) is 27.1. The summed E-state index contributed by atoms with van der Waals surface area (Å²) in [5.41, 5.74) is 2.91. The highest BCUT2D eigenvalue weighted by Gasteiger charge is 2.35. The fraction of sp³-hybridized carbons (Fsp3) is 0.516. The Morgan fingerprint density at radius 3 is 2.24 bits per heavy atom. The summed E-state index contributed by atoms with van der Waals surface area (Å²) in [7, 11) is 1.64.